The van der Waals surface area contributed by atoms with Crippen LogP contribution in [-0.2, 0) is 24.4 Å². The van der Waals surface area contributed by atoms with E-state index in [2.05, 4.69) is 28.4 Å². The van der Waals surface area contributed by atoms with Gasteiger partial charge in [0.2, 0.25) is 0 Å². The zero-order valence-electron chi connectivity index (χ0n) is 7.77. The number of hydrogen-bond acceptors (Lipinski definition) is 3. The summed E-state index contributed by atoms with van der Waals surface area (Å²) in [6, 6.07) is 0. The van der Waals surface area contributed by atoms with Gasteiger partial charge in [0.05, 0.1) is 6.61 Å². The van der Waals surface area contributed by atoms with Crippen molar-refractivity contribution in [1.29, 1.82) is 0 Å². The molecule has 0 aromatic carbocycles. The van der Waals surface area contributed by atoms with E-state index in [-0.39, 0.29) is 6.61 Å². The highest BCUT2D eigenvalue weighted by molar-refractivity contribution is 8.27. The van der Waals surface area contributed by atoms with Crippen LogP contribution in [0.1, 0.15) is 32.6 Å². The number of hydrogen-bond donors (Lipinski definition) is 1. The maximum atomic E-state index is 10.4. The van der Waals surface area contributed by atoms with Crippen molar-refractivity contribution in [3.05, 3.63) is 12.2 Å². The maximum Gasteiger partial charge on any atom is 0.266 e. The van der Waals surface area contributed by atoms with Gasteiger partial charge in [0.1, 0.15) is 0 Å². The van der Waals surface area contributed by atoms with E-state index >= 15 is 0 Å². The van der Waals surface area contributed by atoms with E-state index in [0.717, 1.165) is 6.42 Å². The Kier molecular flexibility index (Phi) is 7.45. The molecule has 3 nitrogen and oxygen atoms in total. The van der Waals surface area contributed by atoms with Crippen LogP contribution in [0.25, 0.3) is 0 Å². The van der Waals surface area contributed by atoms with Crippen LogP contribution >= 0.6 is 0 Å². The van der Waals surface area contributed by atoms with E-state index in [4.69, 9.17) is 4.55 Å². The van der Waals surface area contributed by atoms with Crippen molar-refractivity contribution < 1.29 is 12.9 Å². The molecule has 0 saturated carbocycles. The molecule has 0 heterocycles. The maximum absolute atomic E-state index is 10.4. The van der Waals surface area contributed by atoms with Crippen molar-refractivity contribution in [1.82, 2.24) is 0 Å². The first-order valence-corrected chi connectivity index (χ1v) is 6.69. The Labute approximate surface area is 84.9 Å². The summed E-state index contributed by atoms with van der Waals surface area (Å²) in [5, 5.41) is 0. The lowest BCUT2D eigenvalue weighted by molar-refractivity contribution is 0.310. The molecule has 0 bridgehead atoms. The fraction of sp³-hybridized carbons (Fsp3) is 0.750. The largest absolute Gasteiger partial charge is 0.285 e. The normalized spacial score (nSPS) is 16.2. The minimum atomic E-state index is -3.42. The van der Waals surface area contributed by atoms with E-state index in [1.54, 1.807) is 0 Å². The van der Waals surface area contributed by atoms with Crippen molar-refractivity contribution in [3.63, 3.8) is 0 Å². The summed E-state index contributed by atoms with van der Waals surface area (Å²) < 4.78 is 23.5. The predicted octanol–water partition coefficient (Wildman–Crippen LogP) is 2.27. The summed E-state index contributed by atoms with van der Waals surface area (Å²) in [5.41, 5.74) is 0. The average molecular weight is 224 g/mol. The highest BCUT2D eigenvalue weighted by atomic mass is 32.9. The molecule has 0 aliphatic heterocycles. The summed E-state index contributed by atoms with van der Waals surface area (Å²) >= 11 is 4.14. The van der Waals surface area contributed by atoms with E-state index in [9.17, 15) is 4.21 Å². The van der Waals surface area contributed by atoms with Crippen LogP contribution in [0.15, 0.2) is 12.2 Å². The van der Waals surface area contributed by atoms with Crippen molar-refractivity contribution in [3.8, 4) is 0 Å². The van der Waals surface area contributed by atoms with Gasteiger partial charge >= 0.3 is 0 Å². The molecule has 1 N–H and O–H groups in total. The quantitative estimate of drug-likeness (QED) is 0.532. The zero-order valence-corrected chi connectivity index (χ0v) is 9.40. The van der Waals surface area contributed by atoms with Crippen LogP contribution in [0.4, 0.5) is 0 Å². The van der Waals surface area contributed by atoms with Crippen LogP contribution < -0.4 is 0 Å². The van der Waals surface area contributed by atoms with Crippen LogP contribution in [-0.4, -0.2) is 15.4 Å². The highest BCUT2D eigenvalue weighted by Crippen LogP contribution is 1.97. The lowest BCUT2D eigenvalue weighted by Crippen LogP contribution is -2.02. The fourth-order valence-corrected chi connectivity index (χ4v) is 1.29. The van der Waals surface area contributed by atoms with Gasteiger partial charge in [-0.3, -0.25) is 8.74 Å². The molecular weight excluding hydrogens is 208 g/mol. The second kappa shape index (κ2) is 7.44. The van der Waals surface area contributed by atoms with Gasteiger partial charge in [-0.25, -0.2) is 0 Å². The van der Waals surface area contributed by atoms with Crippen molar-refractivity contribution in [2.45, 2.75) is 32.6 Å². The van der Waals surface area contributed by atoms with Crippen LogP contribution in [0.2, 0.25) is 0 Å². The SMILES string of the molecule is CCCCC=CCCOS(=O)(O)=S. The molecule has 1 atom stereocenters. The first-order chi connectivity index (χ1) is 6.06. The van der Waals surface area contributed by atoms with Crippen LogP contribution in [0.5, 0.6) is 0 Å². The highest BCUT2D eigenvalue weighted by Gasteiger charge is 1.96. The Balaban J connectivity index is 3.30. The Morgan fingerprint density at radius 2 is 2.08 bits per heavy atom. The minimum Gasteiger partial charge on any atom is -0.285 e. The molecule has 0 rings (SSSR count). The first kappa shape index (κ1) is 13.0. The molecule has 13 heavy (non-hydrogen) atoms. The fourth-order valence-electron chi connectivity index (χ4n) is 0.779. The Hall–Kier alpha value is 0.0300. The molecule has 0 aromatic rings. The van der Waals surface area contributed by atoms with Crippen LogP contribution in [0.3, 0.4) is 0 Å². The summed E-state index contributed by atoms with van der Waals surface area (Å²) in [6.45, 7) is 2.34. The molecule has 0 aromatic heterocycles. The van der Waals surface area contributed by atoms with E-state index in [1.807, 2.05) is 6.08 Å². The van der Waals surface area contributed by atoms with Gasteiger partial charge in [0, 0.05) is 11.2 Å². The van der Waals surface area contributed by atoms with E-state index in [0.29, 0.717) is 6.42 Å². The molecule has 5 heteroatoms. The minimum absolute atomic E-state index is 0.210. The summed E-state index contributed by atoms with van der Waals surface area (Å²) in [7, 11) is -3.42. The lowest BCUT2D eigenvalue weighted by atomic mass is 10.2. The van der Waals surface area contributed by atoms with Crippen molar-refractivity contribution >= 4 is 20.2 Å². The number of allylic oxidation sites excluding steroid dienone is 1. The molecule has 0 radical (unpaired) electrons. The number of unbranched alkanes of at least 4 members (excludes halogenated alkanes) is 2. The Morgan fingerprint density at radius 1 is 1.46 bits per heavy atom. The van der Waals surface area contributed by atoms with Crippen molar-refractivity contribution in [2.24, 2.45) is 0 Å². The molecule has 1 unspecified atom stereocenters. The third kappa shape index (κ3) is 12.0. The van der Waals surface area contributed by atoms with Gasteiger partial charge in [-0.05, 0) is 12.8 Å². The van der Waals surface area contributed by atoms with Crippen LogP contribution in [0, 0.1) is 0 Å². The van der Waals surface area contributed by atoms with E-state index < -0.39 is 9.05 Å². The predicted molar refractivity (Wildman–Crippen MR) is 57.4 cm³/mol. The molecule has 0 spiro atoms. The first-order valence-electron chi connectivity index (χ1n) is 4.33. The van der Waals surface area contributed by atoms with Gasteiger partial charge in [-0.15, -0.1) is 0 Å². The smallest absolute Gasteiger partial charge is 0.266 e. The Morgan fingerprint density at radius 3 is 2.62 bits per heavy atom. The molecule has 78 valence electrons. The van der Waals surface area contributed by atoms with Crippen molar-refractivity contribution in [2.75, 3.05) is 6.61 Å². The molecule has 0 fully saturated rings. The third-order valence-electron chi connectivity index (χ3n) is 1.41. The Bertz CT molecular complexity index is 232. The number of rotatable bonds is 7. The zero-order chi connectivity index (χ0) is 10.2. The molecule has 0 amide bonds. The summed E-state index contributed by atoms with van der Waals surface area (Å²) in [5.74, 6) is 0. The summed E-state index contributed by atoms with van der Waals surface area (Å²) in [6.07, 6.45) is 8.04. The van der Waals surface area contributed by atoms with Gasteiger partial charge < -0.3 is 0 Å². The molecular formula is C8H16O3S2. The second-order valence-corrected chi connectivity index (χ2v) is 5.01. The topological polar surface area (TPSA) is 46.5 Å². The van der Waals surface area contributed by atoms with Gasteiger partial charge in [-0.2, -0.15) is 4.21 Å². The standard InChI is InChI=1S/C8H16O3S2/c1-2-3-4-5-6-7-8-11-13(9,10)12/h5-6H,2-4,7-8H2,1H3,(H,9,10,12). The van der Waals surface area contributed by atoms with E-state index in [1.165, 1.54) is 12.8 Å². The molecule has 0 aliphatic rings. The van der Waals surface area contributed by atoms with Gasteiger partial charge in [0.25, 0.3) is 9.05 Å². The summed E-state index contributed by atoms with van der Waals surface area (Å²) in [4.78, 5) is 0. The van der Waals surface area contributed by atoms with Gasteiger partial charge in [-0.1, -0.05) is 31.9 Å². The lowest BCUT2D eigenvalue weighted by Gasteiger charge is -1.97. The monoisotopic (exact) mass is 224 g/mol. The van der Waals surface area contributed by atoms with Gasteiger partial charge in [0.15, 0.2) is 0 Å². The third-order valence-corrected chi connectivity index (χ3v) is 2.16. The molecule has 0 aliphatic carbocycles. The molecule has 0 saturated heterocycles. The average Bonchev–Trinajstić information content (AvgIpc) is 2.01. The second-order valence-electron chi connectivity index (χ2n) is 2.65.